The smallest absolute Gasteiger partial charge is 0.309 e. The molecule has 2 N–H and O–H groups in total. The van der Waals surface area contributed by atoms with E-state index in [9.17, 15) is 9.59 Å². The third-order valence-corrected chi connectivity index (χ3v) is 4.43. The molecule has 0 atom stereocenters. The Morgan fingerprint density at radius 2 is 1.96 bits per heavy atom. The number of amides is 1. The summed E-state index contributed by atoms with van der Waals surface area (Å²) in [4.78, 5) is 27.1. The molecule has 0 aliphatic rings. The summed E-state index contributed by atoms with van der Waals surface area (Å²) in [6, 6.07) is 18.4. The quantitative estimate of drug-likeness (QED) is 0.507. The van der Waals surface area contributed by atoms with Crippen LogP contribution >= 0.6 is 0 Å². The molecular formula is C22H18N2O4. The average Bonchev–Trinajstić information content (AvgIpc) is 3.37. The van der Waals surface area contributed by atoms with Crippen LogP contribution in [-0.2, 0) is 16.0 Å². The number of furan rings is 1. The lowest BCUT2D eigenvalue weighted by atomic mass is 10.1. The normalized spacial score (nSPS) is 10.8. The molecule has 0 bridgehead atoms. The van der Waals surface area contributed by atoms with Crippen LogP contribution in [0.1, 0.15) is 16.1 Å². The van der Waals surface area contributed by atoms with Gasteiger partial charge in [-0.25, -0.2) is 0 Å². The molecule has 0 fully saturated rings. The van der Waals surface area contributed by atoms with Crippen LogP contribution in [0, 0.1) is 0 Å². The summed E-state index contributed by atoms with van der Waals surface area (Å²) in [5.74, 6) is 0.137. The second-order valence-electron chi connectivity index (χ2n) is 6.35. The number of aromatic amines is 1. The topological polar surface area (TPSA) is 84.3 Å². The van der Waals surface area contributed by atoms with E-state index in [4.69, 9.17) is 4.42 Å². The van der Waals surface area contributed by atoms with Gasteiger partial charge in [-0.1, -0.05) is 12.1 Å². The Labute approximate surface area is 161 Å². The first-order valence-electron chi connectivity index (χ1n) is 8.77. The van der Waals surface area contributed by atoms with Gasteiger partial charge in [0, 0.05) is 28.4 Å². The van der Waals surface area contributed by atoms with Crippen LogP contribution in [-0.4, -0.2) is 24.0 Å². The molecule has 0 saturated carbocycles. The van der Waals surface area contributed by atoms with E-state index < -0.39 is 0 Å². The Hall–Kier alpha value is -3.80. The summed E-state index contributed by atoms with van der Waals surface area (Å²) in [5.41, 5.74) is 3.27. The number of carbonyl (C=O) groups is 2. The number of H-pyrrole nitrogens is 1. The molecule has 6 nitrogen and oxygen atoms in total. The first-order valence-corrected chi connectivity index (χ1v) is 8.77. The first-order chi connectivity index (χ1) is 13.6. The molecule has 6 heteroatoms. The first kappa shape index (κ1) is 17.6. The minimum absolute atomic E-state index is 0.146. The number of benzene rings is 2. The number of aromatic nitrogens is 1. The summed E-state index contributed by atoms with van der Waals surface area (Å²) < 4.78 is 10.4. The van der Waals surface area contributed by atoms with E-state index in [1.165, 1.54) is 7.11 Å². The molecule has 2 heterocycles. The molecule has 1 amide bonds. The lowest BCUT2D eigenvalue weighted by Gasteiger charge is -2.06. The van der Waals surface area contributed by atoms with Crippen molar-refractivity contribution in [1.82, 2.24) is 4.98 Å². The van der Waals surface area contributed by atoms with Gasteiger partial charge in [0.25, 0.3) is 5.91 Å². The van der Waals surface area contributed by atoms with Gasteiger partial charge >= 0.3 is 5.97 Å². The van der Waals surface area contributed by atoms with Crippen molar-refractivity contribution >= 4 is 28.5 Å². The number of hydrogen-bond donors (Lipinski definition) is 2. The molecule has 0 aliphatic carbocycles. The molecule has 28 heavy (non-hydrogen) atoms. The monoisotopic (exact) mass is 374 g/mol. The Balaban J connectivity index is 1.50. The van der Waals surface area contributed by atoms with Crippen molar-refractivity contribution in [3.05, 3.63) is 78.2 Å². The van der Waals surface area contributed by atoms with Crippen LogP contribution in [0.5, 0.6) is 0 Å². The number of rotatable bonds is 5. The second kappa shape index (κ2) is 7.44. The van der Waals surface area contributed by atoms with Gasteiger partial charge in [-0.15, -0.1) is 0 Å². The molecule has 0 radical (unpaired) electrons. The number of hydrogen-bond acceptors (Lipinski definition) is 4. The molecule has 2 aromatic carbocycles. The average molecular weight is 374 g/mol. The molecule has 0 saturated heterocycles. The van der Waals surface area contributed by atoms with E-state index in [1.807, 2.05) is 30.5 Å². The maximum atomic E-state index is 12.5. The Morgan fingerprint density at radius 3 is 2.82 bits per heavy atom. The van der Waals surface area contributed by atoms with Gasteiger partial charge < -0.3 is 19.5 Å². The maximum absolute atomic E-state index is 12.5. The van der Waals surface area contributed by atoms with Crippen LogP contribution in [0.25, 0.3) is 22.2 Å². The molecule has 2 aromatic heterocycles. The van der Waals surface area contributed by atoms with E-state index in [1.54, 1.807) is 36.4 Å². The fraction of sp³-hybridized carbons (Fsp3) is 0.0909. The van der Waals surface area contributed by atoms with Crippen LogP contribution < -0.4 is 5.32 Å². The van der Waals surface area contributed by atoms with Crippen molar-refractivity contribution in [1.29, 1.82) is 0 Å². The number of ether oxygens (including phenoxy) is 1. The summed E-state index contributed by atoms with van der Waals surface area (Å²) in [7, 11) is 1.34. The van der Waals surface area contributed by atoms with Crippen molar-refractivity contribution < 1.29 is 18.7 Å². The highest BCUT2D eigenvalue weighted by atomic mass is 16.5. The molecule has 0 aliphatic heterocycles. The predicted octanol–water partition coefficient (Wildman–Crippen LogP) is 4.40. The lowest BCUT2D eigenvalue weighted by molar-refractivity contribution is -0.139. The van der Waals surface area contributed by atoms with Crippen molar-refractivity contribution in [2.24, 2.45) is 0 Å². The lowest BCUT2D eigenvalue weighted by Crippen LogP contribution is -2.11. The minimum Gasteiger partial charge on any atom is -0.469 e. The second-order valence-corrected chi connectivity index (χ2v) is 6.35. The fourth-order valence-corrected chi connectivity index (χ4v) is 3.01. The van der Waals surface area contributed by atoms with Crippen LogP contribution in [0.2, 0.25) is 0 Å². The summed E-state index contributed by atoms with van der Waals surface area (Å²) >= 11 is 0. The Bertz CT molecular complexity index is 1160. The number of esters is 1. The standard InChI is InChI=1S/C22H18N2O4/c1-27-21(25)12-14-3-2-4-17(11-14)24-22(26)20-8-7-19(28-20)16-5-6-18-15(13-16)9-10-23-18/h2-11,13,23H,12H2,1H3,(H,24,26). The van der Waals surface area contributed by atoms with E-state index in [-0.39, 0.29) is 24.1 Å². The zero-order valence-corrected chi connectivity index (χ0v) is 15.2. The number of nitrogens with one attached hydrogen (secondary N) is 2. The molecule has 4 aromatic rings. The number of methoxy groups -OCH3 is 1. The highest BCUT2D eigenvalue weighted by Crippen LogP contribution is 2.26. The van der Waals surface area contributed by atoms with Crippen molar-refractivity contribution in [2.75, 3.05) is 12.4 Å². The highest BCUT2D eigenvalue weighted by Gasteiger charge is 2.13. The molecular weight excluding hydrogens is 356 g/mol. The molecule has 4 rings (SSSR count). The van der Waals surface area contributed by atoms with E-state index in [2.05, 4.69) is 15.0 Å². The number of fused-ring (bicyclic) bond motifs is 1. The van der Waals surface area contributed by atoms with Crippen LogP contribution in [0.4, 0.5) is 5.69 Å². The van der Waals surface area contributed by atoms with Crippen LogP contribution in [0.15, 0.2) is 71.3 Å². The summed E-state index contributed by atoms with van der Waals surface area (Å²) in [5, 5.41) is 3.86. The maximum Gasteiger partial charge on any atom is 0.309 e. The largest absolute Gasteiger partial charge is 0.469 e. The number of carbonyl (C=O) groups excluding carboxylic acids is 2. The van der Waals surface area contributed by atoms with Crippen molar-refractivity contribution in [3.63, 3.8) is 0 Å². The van der Waals surface area contributed by atoms with Crippen LogP contribution in [0.3, 0.4) is 0 Å². The van der Waals surface area contributed by atoms with Gasteiger partial charge in [0.1, 0.15) is 5.76 Å². The van der Waals surface area contributed by atoms with E-state index >= 15 is 0 Å². The third-order valence-electron chi connectivity index (χ3n) is 4.43. The van der Waals surface area contributed by atoms with Crippen molar-refractivity contribution in [2.45, 2.75) is 6.42 Å². The van der Waals surface area contributed by atoms with Gasteiger partial charge in [-0.2, -0.15) is 0 Å². The molecule has 140 valence electrons. The number of anilines is 1. The van der Waals surface area contributed by atoms with E-state index in [0.717, 1.165) is 22.0 Å². The van der Waals surface area contributed by atoms with E-state index in [0.29, 0.717) is 11.4 Å². The molecule has 0 unspecified atom stereocenters. The summed E-state index contributed by atoms with van der Waals surface area (Å²) in [6.45, 7) is 0. The molecule has 0 spiro atoms. The van der Waals surface area contributed by atoms with Gasteiger partial charge in [-0.3, -0.25) is 9.59 Å². The van der Waals surface area contributed by atoms with Gasteiger partial charge in [0.2, 0.25) is 0 Å². The predicted molar refractivity (Wildman–Crippen MR) is 106 cm³/mol. The summed E-state index contributed by atoms with van der Waals surface area (Å²) in [6.07, 6.45) is 2.02. The third kappa shape index (κ3) is 3.66. The fourth-order valence-electron chi connectivity index (χ4n) is 3.01. The zero-order valence-electron chi connectivity index (χ0n) is 15.2. The highest BCUT2D eigenvalue weighted by molar-refractivity contribution is 6.02. The van der Waals surface area contributed by atoms with Gasteiger partial charge in [0.05, 0.1) is 13.5 Å². The zero-order chi connectivity index (χ0) is 19.5. The van der Waals surface area contributed by atoms with Crippen molar-refractivity contribution in [3.8, 4) is 11.3 Å². The van der Waals surface area contributed by atoms with Gasteiger partial charge in [-0.05, 0) is 54.1 Å². The van der Waals surface area contributed by atoms with Gasteiger partial charge in [0.15, 0.2) is 5.76 Å². The minimum atomic E-state index is -0.357. The Kier molecular flexibility index (Phi) is 4.68. The Morgan fingerprint density at radius 1 is 1.07 bits per heavy atom. The SMILES string of the molecule is COC(=O)Cc1cccc(NC(=O)c2ccc(-c3ccc4[nH]ccc4c3)o2)c1.